The molecule has 0 spiro atoms. The quantitative estimate of drug-likeness (QED) is 0.296. The third kappa shape index (κ3) is 52.5. The molecule has 0 bridgehead atoms. The summed E-state index contributed by atoms with van der Waals surface area (Å²) in [5.74, 6) is 0. The van der Waals surface area contributed by atoms with Crippen molar-refractivity contribution in [2.45, 2.75) is 6.42 Å². The Labute approximate surface area is 207 Å². The van der Waals surface area contributed by atoms with E-state index in [0.29, 0.717) is 10.8 Å². The summed E-state index contributed by atoms with van der Waals surface area (Å²) in [6.07, 6.45) is 34.0. The number of aliphatic hydroxyl groups excluding tert-OH is 1. The van der Waals surface area contributed by atoms with Crippen molar-refractivity contribution in [3.8, 4) is 0 Å². The zero-order chi connectivity index (χ0) is 22.3. The number of aliphatic hydroxyl groups is 1. The summed E-state index contributed by atoms with van der Waals surface area (Å²) in [6.45, 7) is 16.9. The molecule has 3 aliphatic carbocycles. The van der Waals surface area contributed by atoms with Crippen molar-refractivity contribution in [3.63, 3.8) is 0 Å². The van der Waals surface area contributed by atoms with Gasteiger partial charge in [-0.05, 0) is 96.3 Å². The second-order valence-corrected chi connectivity index (χ2v) is 4.78. The molecule has 0 unspecified atom stereocenters. The molecule has 15 radical (unpaired) electrons. The third-order valence-electron chi connectivity index (χ3n) is 2.13. The Morgan fingerprint density at radius 2 is 0.828 bits per heavy atom. The summed E-state index contributed by atoms with van der Waals surface area (Å²) < 4.78 is 22.9. The van der Waals surface area contributed by atoms with Crippen molar-refractivity contribution >= 4 is 4.41 Å². The summed E-state index contributed by atoms with van der Waals surface area (Å²) in [5.41, 5.74) is 0. The first-order valence-corrected chi connectivity index (χ1v) is 8.26. The summed E-state index contributed by atoms with van der Waals surface area (Å²) in [7, 11) is 0. The minimum atomic E-state index is 0. The van der Waals surface area contributed by atoms with Crippen molar-refractivity contribution in [1.29, 1.82) is 0 Å². The normalized spacial score (nSPS) is 15.0. The van der Waals surface area contributed by atoms with Crippen molar-refractivity contribution in [3.05, 3.63) is 135 Å². The second-order valence-electron chi connectivity index (χ2n) is 3.98. The van der Waals surface area contributed by atoms with Crippen LogP contribution in [0.15, 0.2) is 12.2 Å². The van der Waals surface area contributed by atoms with E-state index in [4.69, 9.17) is 19.1 Å². The molecule has 6 heteroatoms. The van der Waals surface area contributed by atoms with Gasteiger partial charge in [-0.15, -0.1) is 0 Å². The molecule has 29 heavy (non-hydrogen) atoms. The first-order chi connectivity index (χ1) is 13.8. The Hall–Kier alpha value is 0.115. The van der Waals surface area contributed by atoms with Crippen LogP contribution in [0.4, 0.5) is 0 Å². The fourth-order valence-corrected chi connectivity index (χ4v) is 1.32. The minimum Gasteiger partial charge on any atom is -0.0312 e. The SMILES string of the molecule is [C-]#[O+].[C-]#[O+].[C-]#[O+].[CH2-]/C=C\C[C](O)=[V].[CH]1[CH][CH][CH][CH]1.[CH]1[CH][CH][CH][CH]1.[CH]1[CH][CH][CH][CH]1.[Hf]. The molecule has 0 aromatic rings. The average Bonchev–Trinajstić information content (AvgIpc) is 3.57. The van der Waals surface area contributed by atoms with Crippen LogP contribution in [-0.4, -0.2) is 9.52 Å². The van der Waals surface area contributed by atoms with Crippen LogP contribution >= 0.6 is 0 Å². The van der Waals surface area contributed by atoms with Gasteiger partial charge in [0.1, 0.15) is 0 Å². The molecule has 0 atom stereocenters. The smallest absolute Gasteiger partial charge is 0 e. The molecule has 0 aromatic carbocycles. The van der Waals surface area contributed by atoms with Gasteiger partial charge in [0.2, 0.25) is 0 Å². The summed E-state index contributed by atoms with van der Waals surface area (Å²) in [5, 5.41) is 8.49. The van der Waals surface area contributed by atoms with Gasteiger partial charge in [-0.2, -0.15) is 0 Å². The van der Waals surface area contributed by atoms with E-state index in [-0.39, 0.29) is 25.8 Å². The monoisotopic (exact) mass is 593 g/mol. The molecule has 148 valence electrons. The molecule has 1 N–H and O–H groups in total. The Morgan fingerprint density at radius 1 is 0.655 bits per heavy atom. The Balaban J connectivity index is -0.0000000807. The Bertz CT molecular complexity index is 306. The predicted molar refractivity (Wildman–Crippen MR) is 102 cm³/mol. The second kappa shape index (κ2) is 46.4. The molecule has 0 aromatic heterocycles. The van der Waals surface area contributed by atoms with Gasteiger partial charge < -0.3 is 0 Å². The van der Waals surface area contributed by atoms with E-state index in [9.17, 15) is 0 Å². The van der Waals surface area contributed by atoms with E-state index >= 15 is 0 Å². The maximum Gasteiger partial charge on any atom is 0 e. The van der Waals surface area contributed by atoms with E-state index < -0.39 is 0 Å². The van der Waals surface area contributed by atoms with Crippen LogP contribution in [0.1, 0.15) is 6.42 Å². The van der Waals surface area contributed by atoms with Gasteiger partial charge in [-0.1, -0.05) is 0 Å². The largest absolute Gasteiger partial charge is 0.0312 e. The van der Waals surface area contributed by atoms with E-state index in [2.05, 4.69) is 43.9 Å². The molecule has 3 fully saturated rings. The Kier molecular flexibility index (Phi) is 63.3. The van der Waals surface area contributed by atoms with Crippen LogP contribution < -0.4 is 0 Å². The standard InChI is InChI=1S/C5H7O.3C5H5.3CO.Hf.V/c1-2-3-4-5-6;3*1-2-4-5-3-1;3*1-2;;/h2-3,6H,1,4H2;3*1-5H;;;;;/q-1;;;;;;;;/b3-2-;;;;;;;;. The van der Waals surface area contributed by atoms with Crippen molar-refractivity contribution in [1.82, 2.24) is 0 Å². The molecule has 0 aliphatic heterocycles. The summed E-state index contributed by atoms with van der Waals surface area (Å²) in [4.78, 5) is 0. The van der Waals surface area contributed by atoms with Gasteiger partial charge in [0.25, 0.3) is 0 Å². The van der Waals surface area contributed by atoms with Crippen molar-refractivity contribution < 1.29 is 61.9 Å². The molecule has 4 nitrogen and oxygen atoms in total. The van der Waals surface area contributed by atoms with Crippen LogP contribution in [0, 0.1) is 123 Å². The van der Waals surface area contributed by atoms with Crippen molar-refractivity contribution in [2.75, 3.05) is 0 Å². The van der Waals surface area contributed by atoms with E-state index in [0.717, 1.165) is 0 Å². The third-order valence-corrected chi connectivity index (χ3v) is 2.42. The van der Waals surface area contributed by atoms with Gasteiger partial charge in [-0.3, -0.25) is 0 Å². The molecule has 3 saturated carbocycles. The Morgan fingerprint density at radius 3 is 0.897 bits per heavy atom. The fraction of sp³-hybridized carbons (Fsp3) is 0.0435. The topological polar surface area (TPSA) is 79.9 Å². The van der Waals surface area contributed by atoms with E-state index in [1.54, 1.807) is 12.2 Å². The molecule has 0 amide bonds. The molecule has 3 aliphatic rings. The van der Waals surface area contributed by atoms with Gasteiger partial charge in [0.05, 0.1) is 0 Å². The van der Waals surface area contributed by atoms with Gasteiger partial charge in [0, 0.05) is 25.8 Å². The van der Waals surface area contributed by atoms with E-state index in [1.165, 1.54) is 0 Å². The average molecular weight is 592 g/mol. The summed E-state index contributed by atoms with van der Waals surface area (Å²) >= 11 is 2.07. The molecule has 0 saturated heterocycles. The van der Waals surface area contributed by atoms with Crippen LogP contribution in [0.3, 0.4) is 0 Å². The first kappa shape index (κ1) is 39.6. The predicted octanol–water partition coefficient (Wildman–Crippen LogP) is 3.77. The van der Waals surface area contributed by atoms with E-state index in [1.807, 2.05) is 96.3 Å². The van der Waals surface area contributed by atoms with Crippen LogP contribution in [0.25, 0.3) is 0 Å². The number of hydrogen-bond donors (Lipinski definition) is 1. The molecular formula is C23H22HfO4V-. The number of rotatable bonds is 2. The first-order valence-electron chi connectivity index (χ1n) is 7.56. The molecular weight excluding hydrogens is 570 g/mol. The zero-order valence-corrected chi connectivity index (χ0v) is 20.8. The molecule has 0 heterocycles. The fourth-order valence-electron chi connectivity index (χ4n) is 1.15. The zero-order valence-electron chi connectivity index (χ0n) is 15.8. The minimum absolute atomic E-state index is 0. The molecule has 3 rings (SSSR count). The van der Waals surface area contributed by atoms with Crippen LogP contribution in [0.5, 0.6) is 0 Å². The van der Waals surface area contributed by atoms with Crippen molar-refractivity contribution in [2.24, 2.45) is 0 Å². The van der Waals surface area contributed by atoms with Crippen LogP contribution in [0.2, 0.25) is 0 Å². The van der Waals surface area contributed by atoms with Gasteiger partial charge in [-0.25, -0.2) is 0 Å². The maximum atomic E-state index is 8.49. The summed E-state index contributed by atoms with van der Waals surface area (Å²) in [6, 6.07) is 0. The number of hydrogen-bond acceptors (Lipinski definition) is 1. The number of allylic oxidation sites excluding steroid dienone is 1. The van der Waals surface area contributed by atoms with Gasteiger partial charge in [0.15, 0.2) is 0 Å². The van der Waals surface area contributed by atoms with Gasteiger partial charge >= 0.3 is 85.9 Å². The van der Waals surface area contributed by atoms with Crippen LogP contribution in [-0.2, 0) is 56.8 Å². The maximum absolute atomic E-state index is 8.49.